The Balaban J connectivity index is 1.97. The fourth-order valence-corrected chi connectivity index (χ4v) is 4.07. The summed E-state index contributed by atoms with van der Waals surface area (Å²) >= 11 is 0. The number of carbonyl (C=O) groups excluding carboxylic acids is 2. The smallest absolute Gasteiger partial charge is 0.261 e. The maximum absolute atomic E-state index is 12.4. The van der Waals surface area contributed by atoms with Gasteiger partial charge in [-0.3, -0.25) is 19.4 Å². The zero-order valence-electron chi connectivity index (χ0n) is 14.7. The number of carbonyl (C=O) groups is 2. The minimum Gasteiger partial charge on any atom is -0.395 e. The molecule has 138 valence electrons. The van der Waals surface area contributed by atoms with Crippen LogP contribution in [0.1, 0.15) is 34.6 Å². The van der Waals surface area contributed by atoms with Crippen molar-refractivity contribution in [1.29, 1.82) is 0 Å². The van der Waals surface area contributed by atoms with E-state index in [0.29, 0.717) is 43.7 Å². The predicted molar refractivity (Wildman–Crippen MR) is 95.5 cm³/mol. The molecule has 1 aromatic carbocycles. The van der Waals surface area contributed by atoms with Gasteiger partial charge in [0.25, 0.3) is 11.8 Å². The zero-order chi connectivity index (χ0) is 18.2. The minimum atomic E-state index is -1.08. The topological polar surface area (TPSA) is 79.3 Å². The molecule has 0 fully saturated rings. The summed E-state index contributed by atoms with van der Waals surface area (Å²) in [6, 6.07) is 6.85. The summed E-state index contributed by atoms with van der Waals surface area (Å²) in [4.78, 5) is 28.0. The summed E-state index contributed by atoms with van der Waals surface area (Å²) in [6.45, 7) is 6.08. The van der Waals surface area contributed by atoms with E-state index in [2.05, 4.69) is 0 Å². The average Bonchev–Trinajstić information content (AvgIpc) is 2.85. The van der Waals surface area contributed by atoms with E-state index in [4.69, 9.17) is 9.05 Å². The van der Waals surface area contributed by atoms with Crippen molar-refractivity contribution in [3.8, 4) is 0 Å². The largest absolute Gasteiger partial charge is 0.395 e. The third-order valence-electron chi connectivity index (χ3n) is 3.80. The summed E-state index contributed by atoms with van der Waals surface area (Å²) in [5, 5.41) is 9.28. The van der Waals surface area contributed by atoms with Crippen LogP contribution < -0.4 is 0 Å². The lowest BCUT2D eigenvalue weighted by molar-refractivity contribution is 0.0636. The minimum absolute atomic E-state index is 0.0104. The van der Waals surface area contributed by atoms with Crippen molar-refractivity contribution in [2.45, 2.75) is 13.8 Å². The molecule has 0 saturated carbocycles. The van der Waals surface area contributed by atoms with Gasteiger partial charge in [0.2, 0.25) is 0 Å². The van der Waals surface area contributed by atoms with Gasteiger partial charge < -0.3 is 14.2 Å². The van der Waals surface area contributed by atoms with Crippen LogP contribution in [-0.2, 0) is 9.05 Å². The molecule has 0 aliphatic carbocycles. The van der Waals surface area contributed by atoms with Gasteiger partial charge in [0, 0.05) is 19.6 Å². The molecule has 0 aromatic heterocycles. The molecule has 0 saturated heterocycles. The van der Waals surface area contributed by atoms with Crippen LogP contribution in [-0.4, -0.2) is 72.5 Å². The van der Waals surface area contributed by atoms with Crippen molar-refractivity contribution < 1.29 is 23.7 Å². The number of hydrogen-bond acceptors (Lipinski definition) is 6. The molecule has 0 radical (unpaired) electrons. The van der Waals surface area contributed by atoms with E-state index in [1.807, 2.05) is 18.7 Å². The molecule has 1 N–H and O–H groups in total. The van der Waals surface area contributed by atoms with Gasteiger partial charge in [-0.25, -0.2) is 0 Å². The number of aliphatic hydroxyl groups is 1. The Morgan fingerprint density at radius 3 is 2.08 bits per heavy atom. The number of aliphatic hydroxyl groups excluding tert-OH is 1. The summed E-state index contributed by atoms with van der Waals surface area (Å²) in [6.07, 6.45) is 0.529. The van der Waals surface area contributed by atoms with Crippen molar-refractivity contribution in [2.24, 2.45) is 0 Å². The van der Waals surface area contributed by atoms with Crippen molar-refractivity contribution in [1.82, 2.24) is 9.80 Å². The normalized spacial score (nSPS) is 14.0. The van der Waals surface area contributed by atoms with E-state index in [-0.39, 0.29) is 25.0 Å². The van der Waals surface area contributed by atoms with Crippen molar-refractivity contribution in [3.05, 3.63) is 35.4 Å². The number of amides is 2. The average molecular weight is 368 g/mol. The number of rotatable bonds is 11. The molecule has 1 heterocycles. The van der Waals surface area contributed by atoms with E-state index < -0.39 is 8.38 Å². The summed E-state index contributed by atoms with van der Waals surface area (Å²) in [5.74, 6) is -0.525. The predicted octanol–water partition coefficient (Wildman–Crippen LogP) is 1.92. The SMILES string of the molecule is CCOP(CN(CCO)CCN1C(=O)c2ccccc2C1=O)OCC. The van der Waals surface area contributed by atoms with Crippen LogP contribution in [0.5, 0.6) is 0 Å². The summed E-state index contributed by atoms with van der Waals surface area (Å²) < 4.78 is 11.2. The fourth-order valence-electron chi connectivity index (χ4n) is 2.65. The third-order valence-corrected chi connectivity index (χ3v) is 5.52. The monoisotopic (exact) mass is 368 g/mol. The first kappa shape index (κ1) is 19.9. The first-order valence-corrected chi connectivity index (χ1v) is 9.80. The molecule has 2 rings (SSSR count). The standard InChI is InChI=1S/C17H25N2O5P/c1-3-23-25(24-4-2)13-18(11-12-20)9-10-19-16(21)14-7-5-6-8-15(14)17(19)22/h5-8,20H,3-4,9-13H2,1-2H3. The zero-order valence-corrected chi connectivity index (χ0v) is 15.6. The van der Waals surface area contributed by atoms with Gasteiger partial charge >= 0.3 is 0 Å². The van der Waals surface area contributed by atoms with Gasteiger partial charge in [-0.2, -0.15) is 0 Å². The number of hydrogen-bond donors (Lipinski definition) is 1. The van der Waals surface area contributed by atoms with Crippen LogP contribution in [0, 0.1) is 0 Å². The molecule has 8 heteroatoms. The fraction of sp³-hybridized carbons (Fsp3) is 0.529. The van der Waals surface area contributed by atoms with Crippen LogP contribution in [0.2, 0.25) is 0 Å². The molecule has 1 aromatic rings. The first-order valence-electron chi connectivity index (χ1n) is 8.44. The number of imide groups is 1. The molecule has 0 spiro atoms. The van der Waals surface area contributed by atoms with Crippen LogP contribution in [0.3, 0.4) is 0 Å². The van der Waals surface area contributed by atoms with Gasteiger partial charge in [0.05, 0.1) is 37.2 Å². The van der Waals surface area contributed by atoms with Crippen LogP contribution in [0.4, 0.5) is 0 Å². The molecule has 1 aliphatic rings. The van der Waals surface area contributed by atoms with Gasteiger partial charge in [-0.05, 0) is 26.0 Å². The lowest BCUT2D eigenvalue weighted by atomic mass is 10.1. The van der Waals surface area contributed by atoms with Crippen molar-refractivity contribution in [2.75, 3.05) is 45.7 Å². The lowest BCUT2D eigenvalue weighted by Crippen LogP contribution is -2.39. The van der Waals surface area contributed by atoms with E-state index in [9.17, 15) is 14.7 Å². The van der Waals surface area contributed by atoms with Gasteiger partial charge in [-0.15, -0.1) is 0 Å². The maximum Gasteiger partial charge on any atom is 0.261 e. The highest BCUT2D eigenvalue weighted by atomic mass is 31.2. The second-order valence-corrected chi connectivity index (χ2v) is 6.92. The van der Waals surface area contributed by atoms with E-state index in [1.165, 1.54) is 4.90 Å². The Labute approximate surface area is 149 Å². The molecule has 1 aliphatic heterocycles. The highest BCUT2D eigenvalue weighted by molar-refractivity contribution is 7.47. The van der Waals surface area contributed by atoms with E-state index in [0.717, 1.165) is 0 Å². The molecule has 0 atom stereocenters. The highest BCUT2D eigenvalue weighted by Crippen LogP contribution is 2.38. The van der Waals surface area contributed by atoms with Crippen molar-refractivity contribution >= 4 is 20.2 Å². The van der Waals surface area contributed by atoms with Crippen molar-refractivity contribution in [3.63, 3.8) is 0 Å². The Hall–Kier alpha value is -1.37. The lowest BCUT2D eigenvalue weighted by Gasteiger charge is -2.27. The first-order chi connectivity index (χ1) is 12.1. The molecule has 0 unspecified atom stereocenters. The Morgan fingerprint density at radius 2 is 1.60 bits per heavy atom. The van der Waals surface area contributed by atoms with Crippen LogP contribution in [0.25, 0.3) is 0 Å². The molecule has 25 heavy (non-hydrogen) atoms. The number of benzene rings is 1. The second-order valence-electron chi connectivity index (χ2n) is 5.46. The van der Waals surface area contributed by atoms with E-state index >= 15 is 0 Å². The Kier molecular flexibility index (Phi) is 7.93. The molecular formula is C17H25N2O5P. The quantitative estimate of drug-likeness (QED) is 0.475. The van der Waals surface area contributed by atoms with Crippen LogP contribution in [0.15, 0.2) is 24.3 Å². The summed E-state index contributed by atoms with van der Waals surface area (Å²) in [7, 11) is -1.08. The maximum atomic E-state index is 12.4. The van der Waals surface area contributed by atoms with Crippen LogP contribution >= 0.6 is 8.38 Å². The number of fused-ring (bicyclic) bond motifs is 1. The molecular weight excluding hydrogens is 343 g/mol. The highest BCUT2D eigenvalue weighted by Gasteiger charge is 2.35. The molecule has 2 amide bonds. The molecule has 7 nitrogen and oxygen atoms in total. The third kappa shape index (κ3) is 5.06. The number of nitrogens with zero attached hydrogens (tertiary/aromatic N) is 2. The van der Waals surface area contributed by atoms with Gasteiger partial charge in [0.15, 0.2) is 8.38 Å². The molecule has 0 bridgehead atoms. The Morgan fingerprint density at radius 1 is 1.04 bits per heavy atom. The summed E-state index contributed by atoms with van der Waals surface area (Å²) in [5.41, 5.74) is 0.902. The van der Waals surface area contributed by atoms with E-state index in [1.54, 1.807) is 24.3 Å². The van der Waals surface area contributed by atoms with Gasteiger partial charge in [0.1, 0.15) is 0 Å². The second kappa shape index (κ2) is 9.94. The van der Waals surface area contributed by atoms with Gasteiger partial charge in [-0.1, -0.05) is 12.1 Å². The Bertz CT molecular complexity index is 557.